The van der Waals surface area contributed by atoms with Crippen molar-refractivity contribution >= 4 is 5.91 Å². The highest BCUT2D eigenvalue weighted by molar-refractivity contribution is 5.78. The third-order valence-corrected chi connectivity index (χ3v) is 4.57. The maximum Gasteiger partial charge on any atom is 0.276 e. The molecule has 0 saturated heterocycles. The zero-order valence-electron chi connectivity index (χ0n) is 13.7. The Hall–Kier alpha value is -2.58. The Balaban J connectivity index is 1.66. The molecule has 1 amide bonds. The van der Waals surface area contributed by atoms with Crippen LogP contribution in [-0.2, 0) is 4.79 Å². The topological polar surface area (TPSA) is 82.6 Å². The Morgan fingerprint density at radius 2 is 2.12 bits per heavy atom. The third kappa shape index (κ3) is 3.66. The number of nitriles is 1. The summed E-state index contributed by atoms with van der Waals surface area (Å²) in [7, 11) is 0. The zero-order valence-corrected chi connectivity index (χ0v) is 13.7. The van der Waals surface area contributed by atoms with E-state index in [1.807, 2.05) is 54.7 Å². The molecule has 24 heavy (non-hydrogen) atoms. The lowest BCUT2D eigenvalue weighted by molar-refractivity contribution is -0.678. The molecule has 0 unspecified atom stereocenters. The molecule has 2 aromatic rings. The van der Waals surface area contributed by atoms with Crippen LogP contribution in [0.1, 0.15) is 37.1 Å². The summed E-state index contributed by atoms with van der Waals surface area (Å²) in [6.07, 6.45) is 3.65. The quantitative estimate of drug-likeness (QED) is 0.814. The van der Waals surface area contributed by atoms with E-state index in [-0.39, 0.29) is 24.4 Å². The molecular weight excluding hydrogens is 302 g/mol. The van der Waals surface area contributed by atoms with Crippen LogP contribution in [0.25, 0.3) is 0 Å². The fourth-order valence-electron chi connectivity index (χ4n) is 2.99. The molecule has 1 heterocycles. The normalized spacial score (nSPS) is 17.5. The fourth-order valence-corrected chi connectivity index (χ4v) is 2.99. The smallest absolute Gasteiger partial charge is 0.276 e. The van der Waals surface area contributed by atoms with Gasteiger partial charge in [0.2, 0.25) is 0 Å². The molecule has 0 aliphatic heterocycles. The van der Waals surface area contributed by atoms with Crippen LogP contribution in [0.4, 0.5) is 0 Å². The van der Waals surface area contributed by atoms with Gasteiger partial charge in [-0.05, 0) is 37.8 Å². The highest BCUT2D eigenvalue weighted by Gasteiger charge is 2.43. The van der Waals surface area contributed by atoms with Crippen LogP contribution in [0.2, 0.25) is 0 Å². The van der Waals surface area contributed by atoms with Crippen LogP contribution < -0.4 is 10.6 Å². The van der Waals surface area contributed by atoms with Gasteiger partial charge in [0.1, 0.15) is 5.54 Å². The van der Waals surface area contributed by atoms with Gasteiger partial charge in [0.05, 0.1) is 12.3 Å². The van der Waals surface area contributed by atoms with Crippen molar-refractivity contribution < 1.29 is 14.5 Å². The van der Waals surface area contributed by atoms with E-state index in [9.17, 15) is 10.1 Å². The minimum atomic E-state index is -0.752. The average Bonchev–Trinajstić information content (AvgIpc) is 3.33. The molecule has 1 aromatic carbocycles. The van der Waals surface area contributed by atoms with E-state index in [0.29, 0.717) is 0 Å². The maximum atomic E-state index is 12.3. The van der Waals surface area contributed by atoms with Crippen molar-refractivity contribution in [2.45, 2.75) is 31.3 Å². The molecule has 0 radical (unpaired) electrons. The summed E-state index contributed by atoms with van der Waals surface area (Å²) in [4.78, 5) is 12.3. The number of carbonyl (C=O) groups excluding carboxylic acids is 1. The molecule has 5 nitrogen and oxygen atoms in total. The first kappa shape index (κ1) is 16.3. The van der Waals surface area contributed by atoms with Crippen molar-refractivity contribution in [2.24, 2.45) is 5.92 Å². The Morgan fingerprint density at radius 1 is 1.38 bits per heavy atom. The lowest BCUT2D eigenvalue weighted by Crippen LogP contribution is -2.88. The van der Waals surface area contributed by atoms with E-state index < -0.39 is 5.54 Å². The van der Waals surface area contributed by atoms with Crippen molar-refractivity contribution in [3.8, 4) is 6.07 Å². The number of nitrogens with two attached hydrogens (primary N) is 1. The number of nitrogens with one attached hydrogen (secondary N) is 1. The predicted octanol–water partition coefficient (Wildman–Crippen LogP) is 1.74. The molecule has 5 heteroatoms. The van der Waals surface area contributed by atoms with Crippen LogP contribution >= 0.6 is 0 Å². The molecule has 1 aliphatic rings. The van der Waals surface area contributed by atoms with Gasteiger partial charge < -0.3 is 15.1 Å². The van der Waals surface area contributed by atoms with E-state index in [4.69, 9.17) is 4.42 Å². The summed E-state index contributed by atoms with van der Waals surface area (Å²) < 4.78 is 5.54. The molecule has 0 spiro atoms. The van der Waals surface area contributed by atoms with Gasteiger partial charge in [-0.15, -0.1) is 0 Å². The van der Waals surface area contributed by atoms with Gasteiger partial charge >= 0.3 is 0 Å². The Bertz CT molecular complexity index is 717. The number of nitrogens with zero attached hydrogens (tertiary/aromatic N) is 1. The minimum Gasteiger partial charge on any atom is -0.463 e. The lowest BCUT2D eigenvalue weighted by atomic mass is 9.98. The number of furan rings is 1. The SMILES string of the molecule is C[C@](C#N)(NC(=O)C[NH2+][C@@H](c1ccccc1)c1ccco1)C1CC1. The van der Waals surface area contributed by atoms with Crippen LogP contribution in [0.15, 0.2) is 53.1 Å². The van der Waals surface area contributed by atoms with E-state index in [0.717, 1.165) is 24.2 Å². The standard InChI is InChI=1S/C19H21N3O2/c1-19(13-20,15-9-10-15)22-17(23)12-21-18(16-8-5-11-24-16)14-6-3-2-4-7-14/h2-8,11,15,18,21H,9-10,12H2,1H3,(H,22,23)/p+1/t18-,19+/m0/s1. The molecule has 1 fully saturated rings. The van der Waals surface area contributed by atoms with Gasteiger partial charge in [0.25, 0.3) is 5.91 Å². The molecule has 1 saturated carbocycles. The van der Waals surface area contributed by atoms with Crippen LogP contribution in [-0.4, -0.2) is 18.0 Å². The Kier molecular flexibility index (Phi) is 4.68. The molecule has 3 N–H and O–H groups in total. The summed E-state index contributed by atoms with van der Waals surface area (Å²) in [5.41, 5.74) is 0.322. The van der Waals surface area contributed by atoms with Crippen molar-refractivity contribution in [2.75, 3.05) is 6.54 Å². The first-order valence-electron chi connectivity index (χ1n) is 8.26. The van der Waals surface area contributed by atoms with E-state index in [1.165, 1.54) is 0 Å². The average molecular weight is 324 g/mol. The van der Waals surface area contributed by atoms with Gasteiger partial charge in [-0.25, -0.2) is 0 Å². The monoisotopic (exact) mass is 324 g/mol. The summed E-state index contributed by atoms with van der Waals surface area (Å²) in [5.74, 6) is 0.958. The highest BCUT2D eigenvalue weighted by atomic mass is 16.3. The molecular formula is C19H22N3O2+. The van der Waals surface area contributed by atoms with Crippen molar-refractivity contribution in [3.05, 3.63) is 60.1 Å². The van der Waals surface area contributed by atoms with Gasteiger partial charge in [-0.3, -0.25) is 4.79 Å². The number of hydrogen-bond acceptors (Lipinski definition) is 3. The third-order valence-electron chi connectivity index (χ3n) is 4.57. The summed E-state index contributed by atoms with van der Waals surface area (Å²) in [6, 6.07) is 15.9. The number of rotatable bonds is 7. The van der Waals surface area contributed by atoms with Crippen molar-refractivity contribution in [3.63, 3.8) is 0 Å². The molecule has 124 valence electrons. The second-order valence-corrected chi connectivity index (χ2v) is 6.48. The lowest BCUT2D eigenvalue weighted by Gasteiger charge is -2.23. The highest BCUT2D eigenvalue weighted by Crippen LogP contribution is 2.39. The Morgan fingerprint density at radius 3 is 2.71 bits per heavy atom. The van der Waals surface area contributed by atoms with Crippen molar-refractivity contribution in [1.82, 2.24) is 5.32 Å². The zero-order chi connectivity index (χ0) is 17.0. The molecule has 1 aromatic heterocycles. The van der Waals surface area contributed by atoms with Crippen LogP contribution in [0.3, 0.4) is 0 Å². The molecule has 3 rings (SSSR count). The van der Waals surface area contributed by atoms with Crippen LogP contribution in [0.5, 0.6) is 0 Å². The molecule has 2 atom stereocenters. The Labute approximate surface area is 141 Å². The number of benzene rings is 1. The summed E-state index contributed by atoms with van der Waals surface area (Å²) in [5, 5.41) is 14.2. The first-order chi connectivity index (χ1) is 11.6. The second kappa shape index (κ2) is 6.90. The molecule has 1 aliphatic carbocycles. The van der Waals surface area contributed by atoms with Gasteiger partial charge in [-0.1, -0.05) is 30.3 Å². The van der Waals surface area contributed by atoms with E-state index >= 15 is 0 Å². The van der Waals surface area contributed by atoms with Gasteiger partial charge in [0, 0.05) is 5.56 Å². The summed E-state index contributed by atoms with van der Waals surface area (Å²) in [6.45, 7) is 2.05. The molecule has 0 bridgehead atoms. The van der Waals surface area contributed by atoms with Gasteiger partial charge in [0.15, 0.2) is 18.3 Å². The van der Waals surface area contributed by atoms with Gasteiger partial charge in [-0.2, -0.15) is 5.26 Å². The maximum absolute atomic E-state index is 12.3. The second-order valence-electron chi connectivity index (χ2n) is 6.48. The predicted molar refractivity (Wildman–Crippen MR) is 88.7 cm³/mol. The largest absolute Gasteiger partial charge is 0.463 e. The van der Waals surface area contributed by atoms with E-state index in [2.05, 4.69) is 11.4 Å². The number of carbonyl (C=O) groups is 1. The van der Waals surface area contributed by atoms with Crippen LogP contribution in [0, 0.1) is 17.2 Å². The van der Waals surface area contributed by atoms with Crippen molar-refractivity contribution in [1.29, 1.82) is 5.26 Å². The van der Waals surface area contributed by atoms with E-state index in [1.54, 1.807) is 6.26 Å². The fraction of sp³-hybridized carbons (Fsp3) is 0.368. The number of amides is 1. The summed E-state index contributed by atoms with van der Waals surface area (Å²) >= 11 is 0. The minimum absolute atomic E-state index is 0.0822. The number of hydrogen-bond donors (Lipinski definition) is 2. The number of quaternary nitrogens is 1. The first-order valence-corrected chi connectivity index (χ1v) is 8.26.